The van der Waals surface area contributed by atoms with Crippen molar-refractivity contribution < 1.29 is 23.8 Å². The number of nitrogens with zero attached hydrogens (tertiary/aromatic N) is 2. The van der Waals surface area contributed by atoms with Crippen molar-refractivity contribution in [3.05, 3.63) is 45.6 Å². The van der Waals surface area contributed by atoms with Crippen LogP contribution in [0.4, 0.5) is 0 Å². The van der Waals surface area contributed by atoms with E-state index in [0.29, 0.717) is 17.5 Å². The molecule has 4 rings (SSSR count). The Morgan fingerprint density at radius 2 is 1.67 bits per heavy atom. The molecule has 8 heteroatoms. The number of ether oxygens (including phenoxy) is 3. The fourth-order valence-electron chi connectivity index (χ4n) is 3.57. The first kappa shape index (κ1) is 20.3. The van der Waals surface area contributed by atoms with Crippen LogP contribution in [-0.4, -0.2) is 35.1 Å². The SMILES string of the molecule is CCOC(=O)c1cc(Oc2nc(C)nc3sc4c(c23)CCC4)cc(C(=O)OCC)c1. The van der Waals surface area contributed by atoms with Crippen LogP contribution in [-0.2, 0) is 22.3 Å². The molecule has 0 radical (unpaired) electrons. The van der Waals surface area contributed by atoms with Gasteiger partial charge in [0.15, 0.2) is 0 Å². The predicted molar refractivity (Wildman–Crippen MR) is 113 cm³/mol. The highest BCUT2D eigenvalue weighted by atomic mass is 32.1. The molecule has 0 N–H and O–H groups in total. The van der Waals surface area contributed by atoms with Gasteiger partial charge in [-0.15, -0.1) is 11.3 Å². The number of rotatable bonds is 6. The third-order valence-electron chi connectivity index (χ3n) is 4.79. The zero-order valence-corrected chi connectivity index (χ0v) is 17.9. The summed E-state index contributed by atoms with van der Waals surface area (Å²) in [7, 11) is 0. The highest BCUT2D eigenvalue weighted by Gasteiger charge is 2.24. The summed E-state index contributed by atoms with van der Waals surface area (Å²) in [6, 6.07) is 4.55. The van der Waals surface area contributed by atoms with Crippen molar-refractivity contribution in [1.29, 1.82) is 0 Å². The van der Waals surface area contributed by atoms with Gasteiger partial charge in [0.2, 0.25) is 5.88 Å². The van der Waals surface area contributed by atoms with E-state index in [-0.39, 0.29) is 24.3 Å². The molecule has 0 atom stereocenters. The molecule has 7 nitrogen and oxygen atoms in total. The number of benzene rings is 1. The van der Waals surface area contributed by atoms with E-state index in [1.807, 2.05) is 6.92 Å². The number of aryl methyl sites for hydroxylation is 3. The molecule has 30 heavy (non-hydrogen) atoms. The summed E-state index contributed by atoms with van der Waals surface area (Å²) in [4.78, 5) is 35.9. The van der Waals surface area contributed by atoms with Gasteiger partial charge in [0, 0.05) is 4.88 Å². The van der Waals surface area contributed by atoms with E-state index >= 15 is 0 Å². The molecule has 1 aliphatic carbocycles. The first-order valence-corrected chi connectivity index (χ1v) is 10.8. The topological polar surface area (TPSA) is 87.6 Å². The largest absolute Gasteiger partial charge is 0.462 e. The van der Waals surface area contributed by atoms with Crippen molar-refractivity contribution in [3.8, 4) is 11.6 Å². The van der Waals surface area contributed by atoms with Crippen LogP contribution in [0.1, 0.15) is 57.2 Å². The number of hydrogen-bond acceptors (Lipinski definition) is 8. The van der Waals surface area contributed by atoms with E-state index in [1.165, 1.54) is 16.5 Å². The van der Waals surface area contributed by atoms with Crippen molar-refractivity contribution in [2.45, 2.75) is 40.0 Å². The minimum atomic E-state index is -0.533. The molecule has 0 unspecified atom stereocenters. The Labute approximate surface area is 178 Å². The van der Waals surface area contributed by atoms with Crippen LogP contribution in [0.3, 0.4) is 0 Å². The van der Waals surface area contributed by atoms with Gasteiger partial charge in [-0.2, -0.15) is 4.98 Å². The van der Waals surface area contributed by atoms with Crippen molar-refractivity contribution in [1.82, 2.24) is 9.97 Å². The maximum atomic E-state index is 12.3. The number of aromatic nitrogens is 2. The van der Waals surface area contributed by atoms with Gasteiger partial charge in [-0.05, 0) is 63.8 Å². The Kier molecular flexibility index (Phi) is 5.67. The Balaban J connectivity index is 1.79. The zero-order chi connectivity index (χ0) is 21.3. The van der Waals surface area contributed by atoms with Gasteiger partial charge >= 0.3 is 11.9 Å². The second-order valence-electron chi connectivity index (χ2n) is 6.90. The molecule has 0 aliphatic heterocycles. The molecule has 0 saturated heterocycles. The van der Waals surface area contributed by atoms with E-state index in [1.54, 1.807) is 37.3 Å². The van der Waals surface area contributed by atoms with E-state index in [0.717, 1.165) is 29.5 Å². The highest BCUT2D eigenvalue weighted by Crippen LogP contribution is 2.41. The molecule has 0 saturated carbocycles. The van der Waals surface area contributed by atoms with Gasteiger partial charge in [-0.3, -0.25) is 0 Å². The minimum absolute atomic E-state index is 0.218. The number of fused-ring (bicyclic) bond motifs is 3. The number of hydrogen-bond donors (Lipinski definition) is 0. The van der Waals surface area contributed by atoms with Gasteiger partial charge in [0.05, 0.1) is 29.7 Å². The maximum absolute atomic E-state index is 12.3. The van der Waals surface area contributed by atoms with Gasteiger partial charge in [0.1, 0.15) is 16.4 Å². The second-order valence-corrected chi connectivity index (χ2v) is 7.99. The molecule has 156 valence electrons. The maximum Gasteiger partial charge on any atom is 0.338 e. The Bertz CT molecular complexity index is 1100. The molecular formula is C22H22N2O5S. The number of carbonyl (C=O) groups is 2. The molecule has 0 amide bonds. The Morgan fingerprint density at radius 1 is 1.00 bits per heavy atom. The molecule has 0 fully saturated rings. The third-order valence-corrected chi connectivity index (χ3v) is 5.97. The average Bonchev–Trinajstić information content (AvgIpc) is 3.28. The van der Waals surface area contributed by atoms with E-state index in [2.05, 4.69) is 9.97 Å². The van der Waals surface area contributed by atoms with Crippen molar-refractivity contribution in [3.63, 3.8) is 0 Å². The van der Waals surface area contributed by atoms with Crippen LogP contribution in [0.25, 0.3) is 10.2 Å². The quantitative estimate of drug-likeness (QED) is 0.531. The summed E-state index contributed by atoms with van der Waals surface area (Å²) in [5.41, 5.74) is 1.67. The fraction of sp³-hybridized carbons (Fsp3) is 0.364. The van der Waals surface area contributed by atoms with Crippen molar-refractivity contribution >= 4 is 33.5 Å². The minimum Gasteiger partial charge on any atom is -0.462 e. The van der Waals surface area contributed by atoms with Gasteiger partial charge in [-0.25, -0.2) is 14.6 Å². The predicted octanol–water partition coefficient (Wildman–Crippen LogP) is 4.63. The second kappa shape index (κ2) is 8.39. The standard InChI is InChI=1S/C22H22N2O5S/c1-4-27-21(25)13-9-14(22(26)28-5-2)11-15(10-13)29-19-18-16-7-6-8-17(16)30-20(18)24-12(3)23-19/h9-11H,4-8H2,1-3H3. The van der Waals surface area contributed by atoms with Crippen LogP contribution in [0.15, 0.2) is 18.2 Å². The summed E-state index contributed by atoms with van der Waals surface area (Å²) in [6.45, 7) is 5.72. The Morgan fingerprint density at radius 3 is 2.30 bits per heavy atom. The molecule has 2 heterocycles. The lowest BCUT2D eigenvalue weighted by Crippen LogP contribution is -2.10. The summed E-state index contributed by atoms with van der Waals surface area (Å²) >= 11 is 1.68. The monoisotopic (exact) mass is 426 g/mol. The smallest absolute Gasteiger partial charge is 0.338 e. The lowest BCUT2D eigenvalue weighted by atomic mass is 10.1. The highest BCUT2D eigenvalue weighted by molar-refractivity contribution is 7.19. The summed E-state index contributed by atoms with van der Waals surface area (Å²) < 4.78 is 16.3. The Hall–Kier alpha value is -3.00. The van der Waals surface area contributed by atoms with Crippen LogP contribution < -0.4 is 4.74 Å². The molecule has 3 aromatic rings. The van der Waals surface area contributed by atoms with E-state index < -0.39 is 11.9 Å². The first-order chi connectivity index (χ1) is 14.5. The van der Waals surface area contributed by atoms with Crippen molar-refractivity contribution in [2.75, 3.05) is 13.2 Å². The molecule has 1 aromatic carbocycles. The van der Waals surface area contributed by atoms with Crippen molar-refractivity contribution in [2.24, 2.45) is 0 Å². The molecule has 2 aromatic heterocycles. The van der Waals surface area contributed by atoms with Crippen LogP contribution in [0.2, 0.25) is 0 Å². The molecule has 0 spiro atoms. The van der Waals surface area contributed by atoms with Gasteiger partial charge in [0.25, 0.3) is 0 Å². The summed E-state index contributed by atoms with van der Waals surface area (Å²) in [6.07, 6.45) is 3.12. The summed E-state index contributed by atoms with van der Waals surface area (Å²) in [5.74, 6) is 0.293. The van der Waals surface area contributed by atoms with E-state index in [9.17, 15) is 9.59 Å². The normalized spacial score (nSPS) is 12.6. The van der Waals surface area contributed by atoms with Gasteiger partial charge in [-0.1, -0.05) is 0 Å². The number of thiophene rings is 1. The summed E-state index contributed by atoms with van der Waals surface area (Å²) in [5, 5.41) is 0.914. The van der Waals surface area contributed by atoms with E-state index in [4.69, 9.17) is 14.2 Å². The van der Waals surface area contributed by atoms with Crippen LogP contribution >= 0.6 is 11.3 Å². The third kappa shape index (κ3) is 3.87. The zero-order valence-electron chi connectivity index (χ0n) is 17.1. The molecule has 1 aliphatic rings. The first-order valence-electron chi connectivity index (χ1n) is 9.96. The van der Waals surface area contributed by atoms with Crippen LogP contribution in [0, 0.1) is 6.92 Å². The lowest BCUT2D eigenvalue weighted by Gasteiger charge is -2.11. The molecular weight excluding hydrogens is 404 g/mol. The fourth-order valence-corrected chi connectivity index (χ4v) is 4.87. The lowest BCUT2D eigenvalue weighted by molar-refractivity contribution is 0.0524. The number of esters is 2. The molecule has 0 bridgehead atoms. The number of carbonyl (C=O) groups excluding carboxylic acids is 2. The van der Waals surface area contributed by atoms with Crippen LogP contribution in [0.5, 0.6) is 11.6 Å². The van der Waals surface area contributed by atoms with Gasteiger partial charge < -0.3 is 14.2 Å². The average molecular weight is 426 g/mol.